The second-order valence-electron chi connectivity index (χ2n) is 2.82. The lowest BCUT2D eigenvalue weighted by atomic mass is 10.2. The van der Waals surface area contributed by atoms with Crippen molar-refractivity contribution in [3.63, 3.8) is 0 Å². The van der Waals surface area contributed by atoms with Crippen LogP contribution in [-0.4, -0.2) is 30.0 Å². The molecule has 1 rings (SSSR count). The average molecular weight is 196 g/mol. The summed E-state index contributed by atoms with van der Waals surface area (Å²) in [7, 11) is 0. The lowest BCUT2D eigenvalue weighted by Gasteiger charge is -2.03. The molecular weight excluding hydrogens is 180 g/mol. The van der Waals surface area contributed by atoms with Crippen LogP contribution >= 0.6 is 0 Å². The molecule has 0 saturated carbocycles. The Morgan fingerprint density at radius 2 is 2.29 bits per heavy atom. The highest BCUT2D eigenvalue weighted by atomic mass is 16.7. The van der Waals surface area contributed by atoms with Gasteiger partial charge in [-0.2, -0.15) is 0 Å². The molecule has 4 nitrogen and oxygen atoms in total. The Balaban J connectivity index is 1.99. The molecule has 0 aliphatic carbocycles. The molecule has 1 aromatic heterocycles. The Hall–Kier alpha value is -1.00. The lowest BCUT2D eigenvalue weighted by molar-refractivity contribution is -0.0497. The fourth-order valence-corrected chi connectivity index (χ4v) is 1.02. The van der Waals surface area contributed by atoms with E-state index < -0.39 is 0 Å². The number of hydrogen-bond donors (Lipinski definition) is 0. The first-order chi connectivity index (χ1) is 6.93. The van der Waals surface area contributed by atoms with Gasteiger partial charge in [0.05, 0.1) is 0 Å². The molecule has 14 heavy (non-hydrogen) atoms. The van der Waals surface area contributed by atoms with E-state index in [0.717, 1.165) is 18.5 Å². The summed E-state index contributed by atoms with van der Waals surface area (Å²) in [5.74, 6) is 0. The third kappa shape index (κ3) is 4.89. The topological polar surface area (TPSA) is 44.2 Å². The van der Waals surface area contributed by atoms with Gasteiger partial charge in [0.15, 0.2) is 0 Å². The van der Waals surface area contributed by atoms with Crippen molar-refractivity contribution in [2.24, 2.45) is 0 Å². The van der Waals surface area contributed by atoms with Crippen LogP contribution in [0.15, 0.2) is 18.6 Å². The van der Waals surface area contributed by atoms with Gasteiger partial charge in [-0.1, -0.05) is 0 Å². The molecule has 0 spiro atoms. The Morgan fingerprint density at radius 3 is 3.00 bits per heavy atom. The minimum atomic E-state index is 0.389. The lowest BCUT2D eigenvalue weighted by Crippen LogP contribution is -2.02. The maximum Gasteiger partial charge on any atom is 0.146 e. The highest BCUT2D eigenvalue weighted by Gasteiger charge is 1.93. The molecule has 0 bridgehead atoms. The average Bonchev–Trinajstić information content (AvgIpc) is 2.25. The molecule has 0 fully saturated rings. The van der Waals surface area contributed by atoms with E-state index in [1.165, 1.54) is 0 Å². The number of nitrogens with zero attached hydrogens (tertiary/aromatic N) is 2. The van der Waals surface area contributed by atoms with Gasteiger partial charge < -0.3 is 9.47 Å². The van der Waals surface area contributed by atoms with Crippen molar-refractivity contribution in [2.45, 2.75) is 19.8 Å². The third-order valence-electron chi connectivity index (χ3n) is 1.74. The van der Waals surface area contributed by atoms with Crippen LogP contribution in [0.3, 0.4) is 0 Å². The van der Waals surface area contributed by atoms with E-state index in [-0.39, 0.29) is 0 Å². The quantitative estimate of drug-likeness (QED) is 0.488. The van der Waals surface area contributed by atoms with Crippen LogP contribution in [-0.2, 0) is 15.9 Å². The summed E-state index contributed by atoms with van der Waals surface area (Å²) in [5, 5.41) is 0. The molecule has 0 N–H and O–H groups in total. The van der Waals surface area contributed by atoms with Crippen molar-refractivity contribution in [1.82, 2.24) is 9.97 Å². The van der Waals surface area contributed by atoms with E-state index in [1.54, 1.807) is 12.5 Å². The van der Waals surface area contributed by atoms with Crippen LogP contribution in [0.2, 0.25) is 0 Å². The van der Waals surface area contributed by atoms with Gasteiger partial charge in [0.2, 0.25) is 0 Å². The van der Waals surface area contributed by atoms with Gasteiger partial charge in [-0.05, 0) is 25.8 Å². The number of aromatic nitrogens is 2. The van der Waals surface area contributed by atoms with Crippen molar-refractivity contribution in [1.29, 1.82) is 0 Å². The molecule has 1 heterocycles. The molecule has 0 amide bonds. The Morgan fingerprint density at radius 1 is 1.36 bits per heavy atom. The van der Waals surface area contributed by atoms with E-state index in [9.17, 15) is 0 Å². The van der Waals surface area contributed by atoms with Crippen LogP contribution in [0.25, 0.3) is 0 Å². The van der Waals surface area contributed by atoms with E-state index in [4.69, 9.17) is 9.47 Å². The van der Waals surface area contributed by atoms with Gasteiger partial charge in [0.1, 0.15) is 13.1 Å². The summed E-state index contributed by atoms with van der Waals surface area (Å²) in [6.45, 7) is 3.75. The largest absolute Gasteiger partial charge is 0.356 e. The second kappa shape index (κ2) is 7.41. The summed E-state index contributed by atoms with van der Waals surface area (Å²) < 4.78 is 10.3. The number of aryl methyl sites for hydroxylation is 1. The minimum Gasteiger partial charge on any atom is -0.356 e. The standard InChI is InChI=1S/C10H16N2O2/c1-2-13-9-14-7-3-4-10-5-6-11-8-12-10/h5-6,8H,2-4,7,9H2,1H3. The van der Waals surface area contributed by atoms with E-state index in [0.29, 0.717) is 20.0 Å². The smallest absolute Gasteiger partial charge is 0.146 e. The van der Waals surface area contributed by atoms with Gasteiger partial charge in [-0.15, -0.1) is 0 Å². The molecule has 0 unspecified atom stereocenters. The zero-order chi connectivity index (χ0) is 10.1. The summed E-state index contributed by atoms with van der Waals surface area (Å²) in [5.41, 5.74) is 1.06. The normalized spacial score (nSPS) is 10.4. The fourth-order valence-electron chi connectivity index (χ4n) is 1.02. The molecule has 0 aliphatic rings. The highest BCUT2D eigenvalue weighted by Crippen LogP contribution is 1.96. The molecule has 0 saturated heterocycles. The molecule has 0 aromatic carbocycles. The molecule has 1 aromatic rings. The molecule has 4 heteroatoms. The van der Waals surface area contributed by atoms with Crippen LogP contribution < -0.4 is 0 Å². The van der Waals surface area contributed by atoms with Crippen LogP contribution in [0.1, 0.15) is 19.0 Å². The van der Waals surface area contributed by atoms with Crippen LogP contribution in [0.4, 0.5) is 0 Å². The number of ether oxygens (including phenoxy) is 2. The van der Waals surface area contributed by atoms with E-state index >= 15 is 0 Å². The first-order valence-corrected chi connectivity index (χ1v) is 4.84. The SMILES string of the molecule is CCOCOCCCc1ccncn1. The summed E-state index contributed by atoms with van der Waals surface area (Å²) in [6, 6.07) is 1.92. The monoisotopic (exact) mass is 196 g/mol. The van der Waals surface area contributed by atoms with Gasteiger partial charge in [-0.3, -0.25) is 0 Å². The fraction of sp³-hybridized carbons (Fsp3) is 0.600. The summed E-state index contributed by atoms with van der Waals surface area (Å²) >= 11 is 0. The Bertz CT molecular complexity index is 229. The van der Waals surface area contributed by atoms with Crippen molar-refractivity contribution < 1.29 is 9.47 Å². The zero-order valence-electron chi connectivity index (χ0n) is 8.48. The molecule has 0 radical (unpaired) electrons. The third-order valence-corrected chi connectivity index (χ3v) is 1.74. The zero-order valence-corrected chi connectivity index (χ0v) is 8.48. The maximum absolute atomic E-state index is 5.23. The number of rotatable bonds is 7. The first kappa shape index (κ1) is 11.1. The van der Waals surface area contributed by atoms with Crippen molar-refractivity contribution in [2.75, 3.05) is 20.0 Å². The van der Waals surface area contributed by atoms with Gasteiger partial charge in [-0.25, -0.2) is 9.97 Å². The van der Waals surface area contributed by atoms with Gasteiger partial charge in [0, 0.05) is 25.1 Å². The Kier molecular flexibility index (Phi) is 5.86. The van der Waals surface area contributed by atoms with Gasteiger partial charge >= 0.3 is 0 Å². The van der Waals surface area contributed by atoms with Crippen molar-refractivity contribution in [3.05, 3.63) is 24.3 Å². The van der Waals surface area contributed by atoms with Crippen LogP contribution in [0.5, 0.6) is 0 Å². The Labute approximate surface area is 84.3 Å². The summed E-state index contributed by atoms with van der Waals surface area (Å²) in [4.78, 5) is 7.97. The van der Waals surface area contributed by atoms with Gasteiger partial charge in [0.25, 0.3) is 0 Å². The highest BCUT2D eigenvalue weighted by molar-refractivity contribution is 4.97. The van der Waals surface area contributed by atoms with Crippen molar-refractivity contribution >= 4 is 0 Å². The molecule has 0 atom stereocenters. The minimum absolute atomic E-state index is 0.389. The predicted octanol–water partition coefficient (Wildman–Crippen LogP) is 1.42. The van der Waals surface area contributed by atoms with Crippen molar-refractivity contribution in [3.8, 4) is 0 Å². The molecular formula is C10H16N2O2. The first-order valence-electron chi connectivity index (χ1n) is 4.84. The van der Waals surface area contributed by atoms with Crippen LogP contribution in [0, 0.1) is 0 Å². The van der Waals surface area contributed by atoms with E-state index in [2.05, 4.69) is 9.97 Å². The second-order valence-corrected chi connectivity index (χ2v) is 2.82. The summed E-state index contributed by atoms with van der Waals surface area (Å²) in [6.07, 6.45) is 5.21. The maximum atomic E-state index is 5.23. The van der Waals surface area contributed by atoms with E-state index in [1.807, 2.05) is 13.0 Å². The number of hydrogen-bond acceptors (Lipinski definition) is 4. The molecule has 78 valence electrons. The molecule has 0 aliphatic heterocycles. The predicted molar refractivity (Wildman–Crippen MR) is 52.8 cm³/mol.